The van der Waals surface area contributed by atoms with Gasteiger partial charge in [-0.05, 0) is 18.8 Å². The van der Waals surface area contributed by atoms with Gasteiger partial charge in [0, 0.05) is 6.54 Å². The lowest BCUT2D eigenvalue weighted by atomic mass is 9.96. The Bertz CT molecular complexity index is 263. The predicted octanol–water partition coefficient (Wildman–Crippen LogP) is 0.625. The fourth-order valence-corrected chi connectivity index (χ4v) is 1.55. The van der Waals surface area contributed by atoms with E-state index in [4.69, 9.17) is 0 Å². The smallest absolute Gasteiger partial charge is 0.242 e. The highest BCUT2D eigenvalue weighted by atomic mass is 16.2. The van der Waals surface area contributed by atoms with Crippen molar-refractivity contribution in [2.45, 2.75) is 33.7 Å². The van der Waals surface area contributed by atoms with Crippen molar-refractivity contribution < 1.29 is 9.59 Å². The van der Waals surface area contributed by atoms with Crippen LogP contribution in [-0.2, 0) is 9.59 Å². The maximum Gasteiger partial charge on any atom is 0.242 e. The third-order valence-electron chi connectivity index (χ3n) is 3.20. The van der Waals surface area contributed by atoms with Crippen LogP contribution in [0.5, 0.6) is 0 Å². The van der Waals surface area contributed by atoms with Crippen LogP contribution in [-0.4, -0.2) is 35.8 Å². The number of carbonyl (C=O) groups excluding carboxylic acids is 2. The fourth-order valence-electron chi connectivity index (χ4n) is 1.55. The first kappa shape index (κ1) is 12.0. The highest BCUT2D eigenvalue weighted by Gasteiger charge is 2.31. The summed E-state index contributed by atoms with van der Waals surface area (Å²) in [5.41, 5.74) is 0. The fraction of sp³-hybridized carbons (Fsp3) is 0.818. The van der Waals surface area contributed by atoms with Crippen LogP contribution in [0.4, 0.5) is 0 Å². The van der Waals surface area contributed by atoms with Crippen LogP contribution in [0, 0.1) is 11.8 Å². The van der Waals surface area contributed by atoms with Crippen LogP contribution >= 0.6 is 0 Å². The summed E-state index contributed by atoms with van der Waals surface area (Å²) < 4.78 is 0. The van der Waals surface area contributed by atoms with Crippen LogP contribution < -0.4 is 5.32 Å². The largest absolute Gasteiger partial charge is 0.345 e. The number of amides is 2. The molecule has 0 spiro atoms. The summed E-state index contributed by atoms with van der Waals surface area (Å²) in [5.74, 6) is 0.914. The minimum atomic E-state index is -0.326. The maximum atomic E-state index is 11.6. The molecule has 2 amide bonds. The summed E-state index contributed by atoms with van der Waals surface area (Å²) in [5, 5.41) is 2.58. The van der Waals surface area contributed by atoms with E-state index < -0.39 is 0 Å². The second-order valence-corrected chi connectivity index (χ2v) is 4.66. The first-order valence-corrected chi connectivity index (χ1v) is 5.50. The van der Waals surface area contributed by atoms with Crippen LogP contribution in [0.1, 0.15) is 27.7 Å². The molecule has 1 fully saturated rings. The molecule has 1 heterocycles. The Balaban J connectivity index is 2.65. The van der Waals surface area contributed by atoms with Gasteiger partial charge < -0.3 is 10.2 Å². The lowest BCUT2D eigenvalue weighted by Crippen LogP contribution is -2.58. The Labute approximate surface area is 91.0 Å². The average molecular weight is 212 g/mol. The van der Waals surface area contributed by atoms with Gasteiger partial charge in [-0.1, -0.05) is 20.8 Å². The third-order valence-corrected chi connectivity index (χ3v) is 3.20. The van der Waals surface area contributed by atoms with Crippen molar-refractivity contribution in [1.29, 1.82) is 0 Å². The average Bonchev–Trinajstić information content (AvgIpc) is 2.18. The third kappa shape index (κ3) is 2.70. The summed E-state index contributed by atoms with van der Waals surface area (Å²) >= 11 is 0. The summed E-state index contributed by atoms with van der Waals surface area (Å²) in [4.78, 5) is 24.7. The van der Waals surface area contributed by atoms with Gasteiger partial charge >= 0.3 is 0 Å². The molecule has 1 aliphatic rings. The minimum Gasteiger partial charge on any atom is -0.345 e. The lowest BCUT2D eigenvalue weighted by molar-refractivity contribution is -0.145. The molecule has 4 nitrogen and oxygen atoms in total. The molecule has 0 aromatic rings. The van der Waals surface area contributed by atoms with Gasteiger partial charge in [0.25, 0.3) is 0 Å². The van der Waals surface area contributed by atoms with Gasteiger partial charge in [-0.3, -0.25) is 9.59 Å². The van der Waals surface area contributed by atoms with Gasteiger partial charge in [0.2, 0.25) is 11.8 Å². The van der Waals surface area contributed by atoms with Gasteiger partial charge in [0.15, 0.2) is 0 Å². The summed E-state index contributed by atoms with van der Waals surface area (Å²) in [6.07, 6.45) is 0. The molecule has 4 heteroatoms. The van der Waals surface area contributed by atoms with Crippen LogP contribution in [0.3, 0.4) is 0 Å². The van der Waals surface area contributed by atoms with E-state index in [1.54, 1.807) is 11.8 Å². The number of nitrogens with zero attached hydrogens (tertiary/aromatic N) is 1. The number of nitrogens with one attached hydrogen (secondary N) is 1. The highest BCUT2D eigenvalue weighted by molar-refractivity contribution is 5.94. The first-order chi connectivity index (χ1) is 6.93. The Kier molecular flexibility index (Phi) is 3.72. The second-order valence-electron chi connectivity index (χ2n) is 4.66. The molecule has 0 aromatic heterocycles. The molecule has 0 aliphatic carbocycles. The van der Waals surface area contributed by atoms with Gasteiger partial charge in [-0.2, -0.15) is 0 Å². The van der Waals surface area contributed by atoms with Crippen LogP contribution in [0.25, 0.3) is 0 Å². The molecule has 1 N–H and O–H groups in total. The van der Waals surface area contributed by atoms with E-state index in [0.717, 1.165) is 0 Å². The van der Waals surface area contributed by atoms with Crippen molar-refractivity contribution in [3.63, 3.8) is 0 Å². The SMILES string of the molecule is CC(C)C(C)CN1C(=O)CNC(=O)C1C. The van der Waals surface area contributed by atoms with Gasteiger partial charge in [0.1, 0.15) is 6.04 Å². The molecule has 0 aromatic carbocycles. The molecule has 86 valence electrons. The number of carbonyl (C=O) groups is 2. The van der Waals surface area contributed by atoms with Gasteiger partial charge in [-0.25, -0.2) is 0 Å². The normalized spacial score (nSPS) is 24.3. The summed E-state index contributed by atoms with van der Waals surface area (Å²) in [7, 11) is 0. The molecule has 0 radical (unpaired) electrons. The zero-order valence-electron chi connectivity index (χ0n) is 9.91. The standard InChI is InChI=1S/C11H20N2O2/c1-7(2)8(3)6-13-9(4)11(15)12-5-10(13)14/h7-9H,5-6H2,1-4H3,(H,12,15). The van der Waals surface area contributed by atoms with E-state index in [1.807, 2.05) is 0 Å². The quantitative estimate of drug-likeness (QED) is 0.745. The molecule has 0 bridgehead atoms. The van der Waals surface area contributed by atoms with Crippen molar-refractivity contribution in [3.8, 4) is 0 Å². The molecular formula is C11H20N2O2. The number of rotatable bonds is 3. The van der Waals surface area contributed by atoms with Crippen molar-refractivity contribution >= 4 is 11.8 Å². The summed E-state index contributed by atoms with van der Waals surface area (Å²) in [6.45, 7) is 8.96. The van der Waals surface area contributed by atoms with E-state index in [9.17, 15) is 9.59 Å². The van der Waals surface area contributed by atoms with Gasteiger partial charge in [0.05, 0.1) is 6.54 Å². The van der Waals surface area contributed by atoms with Crippen molar-refractivity contribution in [1.82, 2.24) is 10.2 Å². The maximum absolute atomic E-state index is 11.6. The number of piperazine rings is 1. The summed E-state index contributed by atoms with van der Waals surface area (Å²) in [6, 6.07) is -0.326. The molecule has 1 aliphatic heterocycles. The molecule has 1 saturated heterocycles. The first-order valence-electron chi connectivity index (χ1n) is 5.50. The van der Waals surface area contributed by atoms with E-state index in [2.05, 4.69) is 26.1 Å². The number of hydrogen-bond acceptors (Lipinski definition) is 2. The Hall–Kier alpha value is -1.06. The van der Waals surface area contributed by atoms with Crippen molar-refractivity contribution in [3.05, 3.63) is 0 Å². The monoisotopic (exact) mass is 212 g/mol. The van der Waals surface area contributed by atoms with Crippen LogP contribution in [0.2, 0.25) is 0 Å². The molecule has 15 heavy (non-hydrogen) atoms. The Morgan fingerprint density at radius 2 is 2.00 bits per heavy atom. The molecule has 1 rings (SSSR count). The molecular weight excluding hydrogens is 192 g/mol. The van der Waals surface area contributed by atoms with Gasteiger partial charge in [-0.15, -0.1) is 0 Å². The molecule has 0 saturated carbocycles. The van der Waals surface area contributed by atoms with E-state index >= 15 is 0 Å². The van der Waals surface area contributed by atoms with E-state index in [1.165, 1.54) is 0 Å². The second kappa shape index (κ2) is 4.64. The Morgan fingerprint density at radius 1 is 1.40 bits per heavy atom. The van der Waals surface area contributed by atoms with Crippen LogP contribution in [0.15, 0.2) is 0 Å². The zero-order valence-corrected chi connectivity index (χ0v) is 9.91. The van der Waals surface area contributed by atoms with Crippen molar-refractivity contribution in [2.24, 2.45) is 11.8 Å². The van der Waals surface area contributed by atoms with E-state index in [-0.39, 0.29) is 24.4 Å². The number of hydrogen-bond donors (Lipinski definition) is 1. The van der Waals surface area contributed by atoms with Crippen molar-refractivity contribution in [2.75, 3.05) is 13.1 Å². The minimum absolute atomic E-state index is 0.0228. The molecule has 2 atom stereocenters. The van der Waals surface area contributed by atoms with E-state index in [0.29, 0.717) is 18.4 Å². The zero-order chi connectivity index (χ0) is 11.6. The highest BCUT2D eigenvalue weighted by Crippen LogP contribution is 2.15. The predicted molar refractivity (Wildman–Crippen MR) is 58.2 cm³/mol. The molecule has 2 unspecified atom stereocenters. The lowest BCUT2D eigenvalue weighted by Gasteiger charge is -2.35. The topological polar surface area (TPSA) is 49.4 Å². The Morgan fingerprint density at radius 3 is 2.53 bits per heavy atom.